The van der Waals surface area contributed by atoms with Crippen LogP contribution in [0.4, 0.5) is 0 Å². The summed E-state index contributed by atoms with van der Waals surface area (Å²) in [6.07, 6.45) is 0.833. The molecule has 2 saturated heterocycles. The molecular weight excluding hydrogens is 1150 g/mol. The normalized spacial score (nSPS) is 26.1. The summed E-state index contributed by atoms with van der Waals surface area (Å²) < 4.78 is 0. The Morgan fingerprint density at radius 2 is 1.25 bits per heavy atom. The first-order chi connectivity index (χ1) is 41.9. The van der Waals surface area contributed by atoms with Crippen molar-refractivity contribution in [2.24, 2.45) is 17.4 Å². The number of benzene rings is 2. The lowest BCUT2D eigenvalue weighted by molar-refractivity contribution is -0.149. The molecule has 2 fully saturated rings. The molecule has 13 atom stereocenters. The SMILES string of the molecule is CC[C@H](C)[C@@H]1NC(=O)[C@H](CO)NC(=O)[C@H](Cc2ccccc2)NC(=O)[C@H]([C@@H](C)O)NC(=O)[C@@H](NC(=O)[C@H](N)CO)CC/C=C\CC[C@@H](C(=O)N[C@@H](Cc2ccc(O)cc2)C(=O)O)NC(=O)[C@H](CCC(N)=O)NC(=O)[C@@H]2CCCN2C(=O)[C@@H]2CCCN2C1=O. The van der Waals surface area contributed by atoms with E-state index in [9.17, 15) is 83.1 Å². The second kappa shape index (κ2) is 34.1. The molecule has 0 radical (unpaired) electrons. The van der Waals surface area contributed by atoms with Gasteiger partial charge in [-0.1, -0.05) is 74.9 Å². The van der Waals surface area contributed by atoms with E-state index in [1.807, 2.05) is 0 Å². The fourth-order valence-corrected chi connectivity index (χ4v) is 10.4. The average molecular weight is 1230 g/mol. The number of nitrogens with two attached hydrogens (primary N) is 2. The molecule has 88 heavy (non-hydrogen) atoms. The number of carbonyl (C=O) groups is 12. The highest BCUT2D eigenvalue weighted by Crippen LogP contribution is 2.27. The minimum absolute atomic E-state index is 0.0267. The van der Waals surface area contributed by atoms with E-state index < -0.39 is 169 Å². The Labute approximate surface area is 508 Å². The van der Waals surface area contributed by atoms with Gasteiger partial charge in [-0.3, -0.25) is 52.7 Å². The van der Waals surface area contributed by atoms with Crippen molar-refractivity contribution in [3.05, 3.63) is 77.9 Å². The van der Waals surface area contributed by atoms with Gasteiger partial charge >= 0.3 is 5.97 Å². The lowest BCUT2D eigenvalue weighted by Crippen LogP contribution is -2.62. The summed E-state index contributed by atoms with van der Waals surface area (Å²) >= 11 is 0. The third-order valence-electron chi connectivity index (χ3n) is 15.7. The van der Waals surface area contributed by atoms with Gasteiger partial charge < -0.3 is 89.3 Å². The Bertz CT molecular complexity index is 2820. The van der Waals surface area contributed by atoms with Crippen LogP contribution in [0.1, 0.15) is 103 Å². The van der Waals surface area contributed by atoms with Crippen LogP contribution in [0.15, 0.2) is 66.7 Å². The van der Waals surface area contributed by atoms with Crippen molar-refractivity contribution in [3.63, 3.8) is 0 Å². The van der Waals surface area contributed by atoms with Crippen molar-refractivity contribution in [2.75, 3.05) is 26.3 Å². The number of phenols is 1. The number of phenolic OH excluding ortho intramolecular Hbond substituents is 1. The van der Waals surface area contributed by atoms with Crippen LogP contribution >= 0.6 is 0 Å². The standard InChI is InChI=1S/C59H84N12O17/c1-4-32(2)47-58(86)71-27-13-19-45(71)57(85)70-26-12-18-44(70)55(83)64-40(24-25-46(61)76)51(79)63-38(50(78)66-42(59(87)88)29-35-20-22-36(75)23-21-35)16-10-5-6-11-17-39(62-49(77)37(60)30-72)52(80)69-48(33(3)74)56(84)65-41(28-34-14-8-7-9-15-34)53(81)67-43(31-73)54(82)68-47/h5-9,14-15,20-23,32-33,37-45,47-48,72-75H,4,10-13,16-19,24-31,60H2,1-3H3,(H2,61,76)(H,62,77)(H,63,79)(H,64,83)(H,65,84)(H,66,78)(H,67,81)(H,68,82)(H,69,80)(H,87,88)/b6-5-/t32-,33+,37+,38-,39-,40-,41-,42-,43-,44-,45-,47-,48-/m0/s1. The number of hydrogen-bond acceptors (Lipinski definition) is 17. The number of allylic oxidation sites excluding steroid dienone is 2. The molecule has 0 bridgehead atoms. The number of carboxylic acids is 1. The van der Waals surface area contributed by atoms with Gasteiger partial charge in [-0.15, -0.1) is 0 Å². The number of nitrogens with one attached hydrogen (secondary N) is 8. The number of carbonyl (C=O) groups excluding carboxylic acids is 11. The van der Waals surface area contributed by atoms with Crippen molar-refractivity contribution in [3.8, 4) is 5.75 Å². The zero-order valence-corrected chi connectivity index (χ0v) is 49.6. The molecule has 3 aliphatic heterocycles. The number of rotatable bonds is 17. The number of fused-ring (bicyclic) bond motifs is 2. The van der Waals surface area contributed by atoms with Crippen LogP contribution in [0.2, 0.25) is 0 Å². The monoisotopic (exact) mass is 1230 g/mol. The molecule has 29 nitrogen and oxygen atoms in total. The number of primary amides is 1. The zero-order chi connectivity index (χ0) is 64.8. The van der Waals surface area contributed by atoms with Crippen LogP contribution in [-0.2, 0) is 70.4 Å². The highest BCUT2D eigenvalue weighted by molar-refractivity contribution is 5.99. The topological polar surface area (TPSA) is 461 Å². The second-order valence-electron chi connectivity index (χ2n) is 22.3. The number of amides is 11. The van der Waals surface area contributed by atoms with Crippen LogP contribution < -0.4 is 54.0 Å². The van der Waals surface area contributed by atoms with Crippen molar-refractivity contribution < 1.29 is 83.1 Å². The van der Waals surface area contributed by atoms with Gasteiger partial charge in [0.25, 0.3) is 0 Å². The van der Waals surface area contributed by atoms with E-state index in [1.54, 1.807) is 44.2 Å². The number of aliphatic hydroxyl groups excluding tert-OH is 3. The molecule has 2 aromatic rings. The van der Waals surface area contributed by atoms with E-state index in [-0.39, 0.29) is 76.6 Å². The predicted octanol–water partition coefficient (Wildman–Crippen LogP) is -3.74. The minimum Gasteiger partial charge on any atom is -0.508 e. The molecule has 5 rings (SSSR count). The van der Waals surface area contributed by atoms with Gasteiger partial charge in [0.05, 0.1) is 19.3 Å². The van der Waals surface area contributed by atoms with E-state index in [1.165, 1.54) is 46.2 Å². The smallest absolute Gasteiger partial charge is 0.326 e. The maximum Gasteiger partial charge on any atom is 0.326 e. The summed E-state index contributed by atoms with van der Waals surface area (Å²) in [5.74, 6) is -12.2. The number of carboxylic acid groups (broad SMARTS) is 1. The Kier molecular flexibility index (Phi) is 27.2. The van der Waals surface area contributed by atoms with Gasteiger partial charge in [0.2, 0.25) is 65.0 Å². The van der Waals surface area contributed by atoms with Gasteiger partial charge in [-0.2, -0.15) is 0 Å². The molecule has 3 heterocycles. The van der Waals surface area contributed by atoms with Crippen LogP contribution in [0.3, 0.4) is 0 Å². The van der Waals surface area contributed by atoms with Gasteiger partial charge in [-0.25, -0.2) is 4.79 Å². The lowest BCUT2D eigenvalue weighted by atomic mass is 9.96. The first-order valence-corrected chi connectivity index (χ1v) is 29.5. The summed E-state index contributed by atoms with van der Waals surface area (Å²) in [5.41, 5.74) is 12.2. The van der Waals surface area contributed by atoms with E-state index >= 15 is 0 Å². The molecule has 29 heteroatoms. The average Bonchev–Trinajstić information content (AvgIpc) is 2.85. The Hall–Kier alpha value is -8.54. The molecule has 11 amide bonds. The van der Waals surface area contributed by atoms with Crippen LogP contribution in [0.25, 0.3) is 0 Å². The number of hydrogen-bond donors (Lipinski definition) is 15. The molecule has 0 spiro atoms. The number of aliphatic carboxylic acids is 1. The fraction of sp³-hybridized carbons (Fsp3) is 0.559. The van der Waals surface area contributed by atoms with Crippen LogP contribution in [0.5, 0.6) is 5.75 Å². The van der Waals surface area contributed by atoms with E-state index in [2.05, 4.69) is 42.5 Å². The summed E-state index contributed by atoms with van der Waals surface area (Å²) in [5, 5.41) is 71.3. The van der Waals surface area contributed by atoms with Gasteiger partial charge in [-0.05, 0) is 93.9 Å². The minimum atomic E-state index is -1.81. The molecule has 0 aromatic heterocycles. The van der Waals surface area contributed by atoms with Crippen molar-refractivity contribution >= 4 is 70.9 Å². The molecular formula is C59H84N12O17. The summed E-state index contributed by atoms with van der Waals surface area (Å²) in [4.78, 5) is 169. The molecule has 0 saturated carbocycles. The second-order valence-corrected chi connectivity index (χ2v) is 22.3. The first-order valence-electron chi connectivity index (χ1n) is 29.5. The molecule has 0 aliphatic carbocycles. The van der Waals surface area contributed by atoms with Crippen molar-refractivity contribution in [1.29, 1.82) is 0 Å². The Morgan fingerprint density at radius 3 is 1.85 bits per heavy atom. The van der Waals surface area contributed by atoms with E-state index in [4.69, 9.17) is 11.5 Å². The van der Waals surface area contributed by atoms with Crippen molar-refractivity contribution in [1.82, 2.24) is 52.3 Å². The molecule has 17 N–H and O–H groups in total. The Balaban J connectivity index is 1.55. The summed E-state index contributed by atoms with van der Waals surface area (Å²) in [6.45, 7) is 2.88. The summed E-state index contributed by atoms with van der Waals surface area (Å²) in [7, 11) is 0. The van der Waals surface area contributed by atoms with Gasteiger partial charge in [0.15, 0.2) is 0 Å². The molecule has 0 unspecified atom stereocenters. The fourth-order valence-electron chi connectivity index (χ4n) is 10.4. The van der Waals surface area contributed by atoms with E-state index in [0.717, 1.165) is 6.92 Å². The molecule has 3 aliphatic rings. The van der Waals surface area contributed by atoms with Gasteiger partial charge in [0.1, 0.15) is 72.2 Å². The van der Waals surface area contributed by atoms with Gasteiger partial charge in [0, 0.05) is 32.4 Å². The third-order valence-corrected chi connectivity index (χ3v) is 15.7. The maximum absolute atomic E-state index is 14.7. The van der Waals surface area contributed by atoms with Crippen LogP contribution in [-0.4, -0.2) is 205 Å². The quantitative estimate of drug-likeness (QED) is 0.0677. The van der Waals surface area contributed by atoms with E-state index in [0.29, 0.717) is 30.4 Å². The zero-order valence-electron chi connectivity index (χ0n) is 49.6. The predicted molar refractivity (Wildman–Crippen MR) is 314 cm³/mol. The number of aliphatic hydroxyl groups is 3. The maximum atomic E-state index is 14.7. The molecule has 2 aromatic carbocycles. The van der Waals surface area contributed by atoms with Crippen LogP contribution in [0, 0.1) is 5.92 Å². The highest BCUT2D eigenvalue weighted by Gasteiger charge is 2.46. The highest BCUT2D eigenvalue weighted by atomic mass is 16.4. The largest absolute Gasteiger partial charge is 0.508 e. The number of nitrogens with zero attached hydrogens (tertiary/aromatic N) is 2. The Morgan fingerprint density at radius 1 is 0.670 bits per heavy atom. The molecule has 482 valence electrons. The lowest BCUT2D eigenvalue weighted by Gasteiger charge is -2.35. The third kappa shape index (κ3) is 20.3. The number of aromatic hydroxyl groups is 1. The van der Waals surface area contributed by atoms with Crippen molar-refractivity contribution in [2.45, 2.75) is 177 Å². The summed E-state index contributed by atoms with van der Waals surface area (Å²) in [6, 6.07) is -2.60. The first kappa shape index (κ1) is 70.2.